The largest absolute Gasteiger partial charge is 0.388 e. The Hall–Kier alpha value is -0.540. The van der Waals surface area contributed by atoms with Crippen LogP contribution >= 0.6 is 15.9 Å². The molecule has 0 amide bonds. The van der Waals surface area contributed by atoms with Crippen molar-refractivity contribution >= 4 is 21.6 Å². The Bertz CT molecular complexity index is 348. The third-order valence-electron chi connectivity index (χ3n) is 3.05. The molecule has 0 aliphatic rings. The normalized spacial score (nSPS) is 11.6. The van der Waals surface area contributed by atoms with Crippen molar-refractivity contribution in [2.75, 3.05) is 11.9 Å². The summed E-state index contributed by atoms with van der Waals surface area (Å²) in [6.45, 7) is 6.67. The summed E-state index contributed by atoms with van der Waals surface area (Å²) in [6.07, 6.45) is 1.53. The van der Waals surface area contributed by atoms with E-state index in [0.29, 0.717) is 6.54 Å². The highest BCUT2D eigenvalue weighted by atomic mass is 79.9. The van der Waals surface area contributed by atoms with Crippen molar-refractivity contribution in [3.05, 3.63) is 28.2 Å². The van der Waals surface area contributed by atoms with Gasteiger partial charge in [-0.2, -0.15) is 0 Å². The molecule has 2 N–H and O–H groups in total. The summed E-state index contributed by atoms with van der Waals surface area (Å²) in [6, 6.07) is 6.16. The molecule has 0 saturated heterocycles. The number of hydrogen-bond acceptors (Lipinski definition) is 2. The molecule has 90 valence electrons. The van der Waals surface area contributed by atoms with E-state index in [4.69, 9.17) is 0 Å². The maximum atomic E-state index is 10.2. The maximum absolute atomic E-state index is 10.2. The van der Waals surface area contributed by atoms with Gasteiger partial charge in [-0.25, -0.2) is 0 Å². The fourth-order valence-corrected chi connectivity index (χ4v) is 1.92. The van der Waals surface area contributed by atoms with Crippen LogP contribution < -0.4 is 5.32 Å². The molecule has 3 heteroatoms. The van der Waals surface area contributed by atoms with Crippen molar-refractivity contribution in [2.45, 2.75) is 39.2 Å². The third kappa shape index (κ3) is 3.49. The molecular formula is C13H20BrNO. The predicted molar refractivity (Wildman–Crippen MR) is 72.9 cm³/mol. The Kier molecular flexibility index (Phi) is 4.81. The summed E-state index contributed by atoms with van der Waals surface area (Å²) < 4.78 is 1.03. The second-order valence-electron chi connectivity index (χ2n) is 4.27. The number of rotatable bonds is 5. The topological polar surface area (TPSA) is 32.3 Å². The molecule has 0 fully saturated rings. The molecule has 0 aliphatic heterocycles. The van der Waals surface area contributed by atoms with Crippen molar-refractivity contribution in [3.8, 4) is 0 Å². The van der Waals surface area contributed by atoms with Gasteiger partial charge in [0.05, 0.1) is 5.60 Å². The van der Waals surface area contributed by atoms with Crippen molar-refractivity contribution < 1.29 is 5.11 Å². The van der Waals surface area contributed by atoms with Gasteiger partial charge in [0.2, 0.25) is 0 Å². The Morgan fingerprint density at radius 2 is 1.94 bits per heavy atom. The molecule has 1 aromatic rings. The highest BCUT2D eigenvalue weighted by molar-refractivity contribution is 9.10. The van der Waals surface area contributed by atoms with Crippen LogP contribution in [0.2, 0.25) is 0 Å². The molecule has 2 nitrogen and oxygen atoms in total. The second kappa shape index (κ2) is 5.69. The third-order valence-corrected chi connectivity index (χ3v) is 3.74. The van der Waals surface area contributed by atoms with Crippen LogP contribution in [0.15, 0.2) is 22.7 Å². The quantitative estimate of drug-likeness (QED) is 0.864. The van der Waals surface area contributed by atoms with E-state index in [1.54, 1.807) is 0 Å². The zero-order valence-corrected chi connectivity index (χ0v) is 11.8. The van der Waals surface area contributed by atoms with Gasteiger partial charge in [-0.1, -0.05) is 19.9 Å². The van der Waals surface area contributed by atoms with E-state index in [9.17, 15) is 5.11 Å². The molecule has 0 spiro atoms. The summed E-state index contributed by atoms with van der Waals surface area (Å²) in [5.74, 6) is 0. The molecule has 16 heavy (non-hydrogen) atoms. The van der Waals surface area contributed by atoms with E-state index < -0.39 is 5.60 Å². The molecule has 0 bridgehead atoms. The van der Waals surface area contributed by atoms with E-state index in [2.05, 4.69) is 40.3 Å². The van der Waals surface area contributed by atoms with Crippen LogP contribution in [0.5, 0.6) is 0 Å². The second-order valence-corrected chi connectivity index (χ2v) is 5.12. The number of aryl methyl sites for hydroxylation is 1. The number of anilines is 1. The van der Waals surface area contributed by atoms with Gasteiger partial charge in [0.1, 0.15) is 0 Å². The molecular weight excluding hydrogens is 266 g/mol. The van der Waals surface area contributed by atoms with Gasteiger partial charge in [-0.05, 0) is 53.4 Å². The zero-order valence-electron chi connectivity index (χ0n) is 10.2. The first-order valence-corrected chi connectivity index (χ1v) is 6.52. The molecule has 0 aliphatic carbocycles. The van der Waals surface area contributed by atoms with Gasteiger partial charge in [-0.15, -0.1) is 0 Å². The summed E-state index contributed by atoms with van der Waals surface area (Å²) in [4.78, 5) is 0. The molecule has 1 aromatic carbocycles. The lowest BCUT2D eigenvalue weighted by molar-refractivity contribution is 0.0457. The number of nitrogens with one attached hydrogen (secondary N) is 1. The highest BCUT2D eigenvalue weighted by Crippen LogP contribution is 2.25. The van der Waals surface area contributed by atoms with E-state index in [0.717, 1.165) is 23.0 Å². The van der Waals surface area contributed by atoms with Crippen LogP contribution in [-0.2, 0) is 0 Å². The fourth-order valence-electron chi connectivity index (χ4n) is 1.53. The van der Waals surface area contributed by atoms with Crippen LogP contribution in [0.1, 0.15) is 32.3 Å². The van der Waals surface area contributed by atoms with E-state index in [1.165, 1.54) is 5.56 Å². The lowest BCUT2D eigenvalue weighted by atomic mass is 9.97. The van der Waals surface area contributed by atoms with Crippen molar-refractivity contribution in [2.24, 2.45) is 0 Å². The minimum Gasteiger partial charge on any atom is -0.388 e. The first kappa shape index (κ1) is 13.5. The van der Waals surface area contributed by atoms with Gasteiger partial charge in [0.25, 0.3) is 0 Å². The number of benzene rings is 1. The molecule has 0 unspecified atom stereocenters. The average molecular weight is 286 g/mol. The van der Waals surface area contributed by atoms with Crippen LogP contribution in [0.4, 0.5) is 5.69 Å². The SMILES string of the molecule is CCC(O)(CC)CNc1cc(C)ccc1Br. The van der Waals surface area contributed by atoms with E-state index in [-0.39, 0.29) is 0 Å². The lowest BCUT2D eigenvalue weighted by Crippen LogP contribution is -2.35. The van der Waals surface area contributed by atoms with Gasteiger partial charge in [-0.3, -0.25) is 0 Å². The Balaban J connectivity index is 2.70. The molecule has 0 radical (unpaired) electrons. The van der Waals surface area contributed by atoms with Crippen LogP contribution in [-0.4, -0.2) is 17.3 Å². The molecule has 0 heterocycles. The Labute approximate surface area is 106 Å². The Morgan fingerprint density at radius 1 is 1.31 bits per heavy atom. The summed E-state index contributed by atoms with van der Waals surface area (Å²) in [5, 5.41) is 13.5. The first-order chi connectivity index (χ1) is 7.50. The smallest absolute Gasteiger partial charge is 0.0814 e. The number of hydrogen-bond donors (Lipinski definition) is 2. The van der Waals surface area contributed by atoms with Gasteiger partial charge >= 0.3 is 0 Å². The summed E-state index contributed by atoms with van der Waals surface area (Å²) >= 11 is 3.50. The Morgan fingerprint density at radius 3 is 2.50 bits per heavy atom. The van der Waals surface area contributed by atoms with Crippen LogP contribution in [0.3, 0.4) is 0 Å². The summed E-state index contributed by atoms with van der Waals surface area (Å²) in [7, 11) is 0. The molecule has 0 saturated carbocycles. The first-order valence-electron chi connectivity index (χ1n) is 5.73. The number of halogens is 1. The van der Waals surface area contributed by atoms with Gasteiger partial charge in [0, 0.05) is 16.7 Å². The fraction of sp³-hybridized carbons (Fsp3) is 0.538. The standard InChI is InChI=1S/C13H20BrNO/c1-4-13(16,5-2)9-15-12-8-10(3)6-7-11(12)14/h6-8,15-16H,4-5,9H2,1-3H3. The van der Waals surface area contributed by atoms with E-state index >= 15 is 0 Å². The average Bonchev–Trinajstić information content (AvgIpc) is 2.30. The zero-order chi connectivity index (χ0) is 12.2. The maximum Gasteiger partial charge on any atom is 0.0814 e. The minimum absolute atomic E-state index is 0.585. The molecule has 1 rings (SSSR count). The number of aliphatic hydroxyl groups is 1. The van der Waals surface area contributed by atoms with Crippen molar-refractivity contribution in [3.63, 3.8) is 0 Å². The van der Waals surface area contributed by atoms with Crippen LogP contribution in [0.25, 0.3) is 0 Å². The lowest BCUT2D eigenvalue weighted by Gasteiger charge is -2.26. The molecule has 0 atom stereocenters. The van der Waals surface area contributed by atoms with Crippen molar-refractivity contribution in [1.82, 2.24) is 0 Å². The van der Waals surface area contributed by atoms with Crippen LogP contribution in [0, 0.1) is 6.92 Å². The monoisotopic (exact) mass is 285 g/mol. The highest BCUT2D eigenvalue weighted by Gasteiger charge is 2.21. The van der Waals surface area contributed by atoms with Gasteiger partial charge in [0.15, 0.2) is 0 Å². The summed E-state index contributed by atoms with van der Waals surface area (Å²) in [5.41, 5.74) is 1.64. The minimum atomic E-state index is -0.608. The van der Waals surface area contributed by atoms with E-state index in [1.807, 2.05) is 19.9 Å². The predicted octanol–water partition coefficient (Wildman–Crippen LogP) is 3.72. The molecule has 0 aromatic heterocycles. The van der Waals surface area contributed by atoms with Crippen molar-refractivity contribution in [1.29, 1.82) is 0 Å². The van der Waals surface area contributed by atoms with Gasteiger partial charge < -0.3 is 10.4 Å².